The number of benzene rings is 1. The van der Waals surface area contributed by atoms with Gasteiger partial charge in [-0.05, 0) is 66.0 Å². The minimum Gasteiger partial charge on any atom is -0.370 e. The zero-order valence-corrected chi connectivity index (χ0v) is 12.3. The summed E-state index contributed by atoms with van der Waals surface area (Å²) in [4.78, 5) is 2.27. The van der Waals surface area contributed by atoms with Crippen LogP contribution >= 0.6 is 15.9 Å². The third-order valence-electron chi connectivity index (χ3n) is 3.39. The van der Waals surface area contributed by atoms with Gasteiger partial charge in [-0.1, -0.05) is 6.92 Å². The summed E-state index contributed by atoms with van der Waals surface area (Å²) in [5.74, 6) is 0.507. The highest BCUT2D eigenvalue weighted by atomic mass is 79.9. The number of hydrogen-bond donors (Lipinski definition) is 1. The lowest BCUT2D eigenvalue weighted by Gasteiger charge is -2.20. The van der Waals surface area contributed by atoms with Gasteiger partial charge in [-0.15, -0.1) is 0 Å². The second-order valence-corrected chi connectivity index (χ2v) is 5.75. The molecule has 1 heterocycles. The first-order chi connectivity index (χ1) is 8.70. The van der Waals surface area contributed by atoms with Crippen LogP contribution in [0.4, 0.5) is 10.1 Å². The van der Waals surface area contributed by atoms with E-state index >= 15 is 0 Å². The summed E-state index contributed by atoms with van der Waals surface area (Å²) in [5.41, 5.74) is 0.980. The van der Waals surface area contributed by atoms with E-state index in [9.17, 15) is 4.39 Å². The van der Waals surface area contributed by atoms with E-state index in [1.54, 1.807) is 12.1 Å². The van der Waals surface area contributed by atoms with Crippen LogP contribution in [0.2, 0.25) is 0 Å². The summed E-state index contributed by atoms with van der Waals surface area (Å²) in [6, 6.07) is 4.89. The van der Waals surface area contributed by atoms with Crippen LogP contribution in [0.1, 0.15) is 19.8 Å². The Bertz CT molecular complexity index is 397. The van der Waals surface area contributed by atoms with Crippen molar-refractivity contribution in [3.8, 4) is 0 Å². The van der Waals surface area contributed by atoms with E-state index < -0.39 is 0 Å². The molecule has 0 saturated carbocycles. The molecular formula is C14H20BrFN2. The van der Waals surface area contributed by atoms with Gasteiger partial charge >= 0.3 is 0 Å². The summed E-state index contributed by atoms with van der Waals surface area (Å²) in [6.07, 6.45) is 2.35. The van der Waals surface area contributed by atoms with Crippen molar-refractivity contribution in [2.75, 3.05) is 31.1 Å². The summed E-state index contributed by atoms with van der Waals surface area (Å²) in [7, 11) is 0. The first-order valence-corrected chi connectivity index (χ1v) is 7.40. The van der Waals surface area contributed by atoms with Crippen LogP contribution in [0.5, 0.6) is 0 Å². The molecule has 1 saturated heterocycles. The third-order valence-corrected chi connectivity index (χ3v) is 4.07. The lowest BCUT2D eigenvalue weighted by Crippen LogP contribution is -2.27. The van der Waals surface area contributed by atoms with Crippen molar-refractivity contribution in [1.82, 2.24) is 5.32 Å². The predicted octanol–water partition coefficient (Wildman–Crippen LogP) is 3.41. The van der Waals surface area contributed by atoms with Gasteiger partial charge in [0.2, 0.25) is 0 Å². The van der Waals surface area contributed by atoms with E-state index in [1.165, 1.54) is 18.9 Å². The fraction of sp³-hybridized carbons (Fsp3) is 0.571. The fourth-order valence-corrected chi connectivity index (χ4v) is 2.93. The van der Waals surface area contributed by atoms with Gasteiger partial charge in [-0.2, -0.15) is 0 Å². The zero-order chi connectivity index (χ0) is 13.0. The molecule has 1 aliphatic rings. The molecule has 1 atom stereocenters. The number of nitrogens with one attached hydrogen (secondary N) is 1. The molecule has 18 heavy (non-hydrogen) atoms. The van der Waals surface area contributed by atoms with Gasteiger partial charge in [-0.25, -0.2) is 4.39 Å². The summed E-state index contributed by atoms with van der Waals surface area (Å²) < 4.78 is 14.3. The van der Waals surface area contributed by atoms with E-state index in [4.69, 9.17) is 0 Å². The van der Waals surface area contributed by atoms with E-state index in [1.807, 2.05) is 0 Å². The number of anilines is 1. The third kappa shape index (κ3) is 3.45. The lowest BCUT2D eigenvalue weighted by atomic mass is 10.1. The van der Waals surface area contributed by atoms with Crippen molar-refractivity contribution in [1.29, 1.82) is 0 Å². The quantitative estimate of drug-likeness (QED) is 0.838. The maximum absolute atomic E-state index is 13.3. The highest BCUT2D eigenvalue weighted by molar-refractivity contribution is 9.10. The van der Waals surface area contributed by atoms with Crippen LogP contribution in [0.15, 0.2) is 22.7 Å². The molecule has 1 unspecified atom stereocenters. The Kier molecular flexibility index (Phi) is 5.01. The highest BCUT2D eigenvalue weighted by Crippen LogP contribution is 2.31. The Hall–Kier alpha value is -0.610. The van der Waals surface area contributed by atoms with Crippen molar-refractivity contribution >= 4 is 21.6 Å². The average molecular weight is 315 g/mol. The number of hydrogen-bond acceptors (Lipinski definition) is 2. The van der Waals surface area contributed by atoms with Gasteiger partial charge in [0.1, 0.15) is 5.82 Å². The molecule has 2 rings (SSSR count). The molecule has 0 amide bonds. The fourth-order valence-electron chi connectivity index (χ4n) is 2.43. The Labute approximate surface area is 117 Å². The summed E-state index contributed by atoms with van der Waals surface area (Å²) in [5, 5.41) is 3.46. The lowest BCUT2D eigenvalue weighted by molar-refractivity contribution is 0.516. The minimum absolute atomic E-state index is 0.166. The normalized spacial score (nSPS) is 19.5. The Morgan fingerprint density at radius 3 is 3.11 bits per heavy atom. The largest absolute Gasteiger partial charge is 0.370 e. The van der Waals surface area contributed by atoms with Gasteiger partial charge < -0.3 is 10.2 Å². The van der Waals surface area contributed by atoms with Gasteiger partial charge in [0.25, 0.3) is 0 Å². The predicted molar refractivity (Wildman–Crippen MR) is 77.6 cm³/mol. The molecule has 1 aromatic carbocycles. The highest BCUT2D eigenvalue weighted by Gasteiger charge is 2.23. The van der Waals surface area contributed by atoms with Gasteiger partial charge in [-0.3, -0.25) is 0 Å². The van der Waals surface area contributed by atoms with Crippen LogP contribution in [0, 0.1) is 11.7 Å². The molecule has 0 radical (unpaired) electrons. The van der Waals surface area contributed by atoms with Crippen LogP contribution in [0.25, 0.3) is 0 Å². The van der Waals surface area contributed by atoms with Crippen molar-refractivity contribution in [2.24, 2.45) is 5.92 Å². The van der Waals surface area contributed by atoms with E-state index in [0.717, 1.165) is 36.3 Å². The molecule has 0 aliphatic carbocycles. The van der Waals surface area contributed by atoms with E-state index in [-0.39, 0.29) is 5.82 Å². The smallest absolute Gasteiger partial charge is 0.125 e. The molecule has 0 aromatic heterocycles. The van der Waals surface area contributed by atoms with Gasteiger partial charge in [0, 0.05) is 17.6 Å². The topological polar surface area (TPSA) is 15.3 Å². The maximum atomic E-state index is 13.3. The van der Waals surface area contributed by atoms with Crippen LogP contribution in [0.3, 0.4) is 0 Å². The van der Waals surface area contributed by atoms with Crippen LogP contribution in [-0.2, 0) is 0 Å². The molecule has 100 valence electrons. The number of rotatable bonds is 5. The summed E-state index contributed by atoms with van der Waals surface area (Å²) in [6.45, 7) is 6.36. The molecule has 1 N–H and O–H groups in total. The molecule has 0 spiro atoms. The molecule has 0 bridgehead atoms. The SMILES string of the molecule is CCCNCC1CCN(c2cc(F)ccc2Br)C1. The number of nitrogens with zero attached hydrogens (tertiary/aromatic N) is 1. The van der Waals surface area contributed by atoms with E-state index in [2.05, 4.69) is 33.1 Å². The zero-order valence-electron chi connectivity index (χ0n) is 10.8. The molecule has 2 nitrogen and oxygen atoms in total. The van der Waals surface area contributed by atoms with Gasteiger partial charge in [0.15, 0.2) is 0 Å². The minimum atomic E-state index is -0.166. The molecule has 4 heteroatoms. The second kappa shape index (κ2) is 6.53. The maximum Gasteiger partial charge on any atom is 0.125 e. The first kappa shape index (κ1) is 13.8. The first-order valence-electron chi connectivity index (χ1n) is 6.61. The van der Waals surface area contributed by atoms with Crippen LogP contribution in [-0.4, -0.2) is 26.2 Å². The molecule has 1 aliphatic heterocycles. The van der Waals surface area contributed by atoms with Crippen molar-refractivity contribution in [3.63, 3.8) is 0 Å². The van der Waals surface area contributed by atoms with Crippen molar-refractivity contribution in [3.05, 3.63) is 28.5 Å². The van der Waals surface area contributed by atoms with Crippen molar-refractivity contribution in [2.45, 2.75) is 19.8 Å². The van der Waals surface area contributed by atoms with Crippen LogP contribution < -0.4 is 10.2 Å². The molecule has 1 aromatic rings. The summed E-state index contributed by atoms with van der Waals surface area (Å²) >= 11 is 3.50. The average Bonchev–Trinajstić information content (AvgIpc) is 2.81. The number of halogens is 2. The Morgan fingerprint density at radius 2 is 2.33 bits per heavy atom. The Morgan fingerprint density at radius 1 is 1.50 bits per heavy atom. The molecule has 1 fully saturated rings. The Balaban J connectivity index is 1.93. The monoisotopic (exact) mass is 314 g/mol. The van der Waals surface area contributed by atoms with Gasteiger partial charge in [0.05, 0.1) is 5.69 Å². The molecular weight excluding hydrogens is 295 g/mol. The van der Waals surface area contributed by atoms with Crippen molar-refractivity contribution < 1.29 is 4.39 Å². The van der Waals surface area contributed by atoms with E-state index in [0.29, 0.717) is 5.92 Å². The second-order valence-electron chi connectivity index (χ2n) is 4.90. The standard InChI is InChI=1S/C14H20BrFN2/c1-2-6-17-9-11-5-7-18(10-11)14-8-12(16)3-4-13(14)15/h3-4,8,11,17H,2,5-7,9-10H2,1H3.